The molecule has 26 heavy (non-hydrogen) atoms. The number of carbonyl (C=O) groups is 1. The highest BCUT2D eigenvalue weighted by atomic mass is 32.2. The van der Waals surface area contributed by atoms with Crippen molar-refractivity contribution in [1.29, 1.82) is 0 Å². The number of morpholine rings is 1. The van der Waals surface area contributed by atoms with E-state index in [9.17, 15) is 13.2 Å². The largest absolute Gasteiger partial charge is 0.411 e. The average molecular weight is 398 g/mol. The summed E-state index contributed by atoms with van der Waals surface area (Å²) in [7, 11) is -2.06. The Labute approximate surface area is 155 Å². The number of thioether (sulfide) groups is 1. The summed E-state index contributed by atoms with van der Waals surface area (Å²) in [6.07, 6.45) is 0. The molecule has 2 heterocycles. The Morgan fingerprint density at radius 2 is 2.08 bits per heavy atom. The third kappa shape index (κ3) is 4.23. The van der Waals surface area contributed by atoms with Gasteiger partial charge < -0.3 is 14.5 Å². The molecular weight excluding hydrogens is 380 g/mol. The molecule has 3 rings (SSSR count). The number of benzene rings is 1. The van der Waals surface area contributed by atoms with Crippen LogP contribution in [0.4, 0.5) is 0 Å². The van der Waals surface area contributed by atoms with Gasteiger partial charge in [-0.15, -0.1) is 10.2 Å². The monoisotopic (exact) mass is 398 g/mol. The second kappa shape index (κ2) is 8.16. The summed E-state index contributed by atoms with van der Waals surface area (Å²) in [5, 5.41) is 10.5. The predicted octanol–water partition coefficient (Wildman–Crippen LogP) is 0.596. The zero-order chi connectivity index (χ0) is 18.6. The molecule has 2 aromatic rings. The number of hydrogen-bond acceptors (Lipinski definition) is 8. The van der Waals surface area contributed by atoms with E-state index in [2.05, 4.69) is 15.5 Å². The van der Waals surface area contributed by atoms with Gasteiger partial charge in [0.05, 0.1) is 23.9 Å². The van der Waals surface area contributed by atoms with Crippen molar-refractivity contribution in [2.75, 3.05) is 39.1 Å². The number of ether oxygens (including phenoxy) is 1. The van der Waals surface area contributed by atoms with Crippen molar-refractivity contribution in [3.05, 3.63) is 24.3 Å². The van der Waals surface area contributed by atoms with Crippen LogP contribution in [-0.2, 0) is 19.6 Å². The number of hydrogen-bond donors (Lipinski definition) is 1. The predicted molar refractivity (Wildman–Crippen MR) is 94.1 cm³/mol. The van der Waals surface area contributed by atoms with Crippen molar-refractivity contribution in [3.63, 3.8) is 0 Å². The molecule has 9 nitrogen and oxygen atoms in total. The van der Waals surface area contributed by atoms with E-state index in [1.807, 2.05) is 0 Å². The number of rotatable bonds is 6. The van der Waals surface area contributed by atoms with Gasteiger partial charge in [-0.3, -0.25) is 4.79 Å². The number of nitrogens with zero attached hydrogens (tertiary/aromatic N) is 3. The molecule has 0 bridgehead atoms. The topological polar surface area (TPSA) is 115 Å². The summed E-state index contributed by atoms with van der Waals surface area (Å²) in [5.41, 5.74) is 0.499. The lowest BCUT2D eigenvalue weighted by atomic mass is 10.2. The van der Waals surface area contributed by atoms with E-state index in [1.165, 1.54) is 16.4 Å². The first-order valence-corrected chi connectivity index (χ1v) is 10.3. The van der Waals surface area contributed by atoms with Crippen LogP contribution < -0.4 is 5.32 Å². The van der Waals surface area contributed by atoms with Gasteiger partial charge in [0.25, 0.3) is 5.22 Å². The summed E-state index contributed by atoms with van der Waals surface area (Å²) >= 11 is 1.11. The van der Waals surface area contributed by atoms with E-state index in [4.69, 9.17) is 9.15 Å². The third-order valence-corrected chi connectivity index (χ3v) is 6.41. The maximum atomic E-state index is 12.7. The van der Waals surface area contributed by atoms with Crippen molar-refractivity contribution < 1.29 is 22.4 Å². The maximum Gasteiger partial charge on any atom is 0.277 e. The molecule has 0 radical (unpaired) electrons. The molecule has 1 aliphatic heterocycles. The SMILES string of the molecule is CNC(=O)CSc1nnc(-c2cccc(S(=O)(=O)N3CCOCC3)c2)o1. The summed E-state index contributed by atoms with van der Waals surface area (Å²) in [6.45, 7) is 1.42. The molecule has 0 saturated carbocycles. The van der Waals surface area contributed by atoms with Crippen LogP contribution >= 0.6 is 11.8 Å². The van der Waals surface area contributed by atoms with Crippen molar-refractivity contribution in [2.24, 2.45) is 0 Å². The smallest absolute Gasteiger partial charge is 0.277 e. The summed E-state index contributed by atoms with van der Waals surface area (Å²) in [6, 6.07) is 6.36. The lowest BCUT2D eigenvalue weighted by molar-refractivity contribution is -0.118. The molecule has 140 valence electrons. The fraction of sp³-hybridized carbons (Fsp3) is 0.400. The molecule has 1 N–H and O–H groups in total. The Kier molecular flexibility index (Phi) is 5.91. The molecule has 0 aliphatic carbocycles. The van der Waals surface area contributed by atoms with Crippen molar-refractivity contribution >= 4 is 27.7 Å². The van der Waals surface area contributed by atoms with Crippen LogP contribution in [0, 0.1) is 0 Å². The van der Waals surface area contributed by atoms with Crippen LogP contribution in [-0.4, -0.2) is 67.9 Å². The highest BCUT2D eigenvalue weighted by Crippen LogP contribution is 2.26. The van der Waals surface area contributed by atoms with Gasteiger partial charge in [-0.1, -0.05) is 17.8 Å². The molecule has 0 unspecified atom stereocenters. The molecule has 1 fully saturated rings. The molecule has 0 atom stereocenters. The molecule has 1 aromatic heterocycles. The van der Waals surface area contributed by atoms with E-state index >= 15 is 0 Å². The van der Waals surface area contributed by atoms with Gasteiger partial charge >= 0.3 is 0 Å². The Bertz CT molecular complexity index is 878. The molecule has 11 heteroatoms. The summed E-state index contributed by atoms with van der Waals surface area (Å²) in [4.78, 5) is 11.4. The van der Waals surface area contributed by atoms with Crippen LogP contribution in [0.2, 0.25) is 0 Å². The van der Waals surface area contributed by atoms with Gasteiger partial charge in [-0.2, -0.15) is 4.31 Å². The Balaban J connectivity index is 1.79. The second-order valence-corrected chi connectivity index (χ2v) is 8.24. The molecule has 0 spiro atoms. The highest BCUT2D eigenvalue weighted by molar-refractivity contribution is 7.99. The van der Waals surface area contributed by atoms with Crippen LogP contribution in [0.5, 0.6) is 0 Å². The normalized spacial score (nSPS) is 15.7. The zero-order valence-corrected chi connectivity index (χ0v) is 15.7. The minimum absolute atomic E-state index is 0.156. The summed E-state index contributed by atoms with van der Waals surface area (Å²) < 4.78 is 37.6. The van der Waals surface area contributed by atoms with Crippen LogP contribution in [0.15, 0.2) is 38.8 Å². The molecule has 1 aliphatic rings. The van der Waals surface area contributed by atoms with E-state index in [1.54, 1.807) is 19.2 Å². The van der Waals surface area contributed by atoms with Gasteiger partial charge in [-0.25, -0.2) is 8.42 Å². The average Bonchev–Trinajstić information content (AvgIpc) is 3.16. The quantitative estimate of drug-likeness (QED) is 0.704. The maximum absolute atomic E-state index is 12.7. The van der Waals surface area contributed by atoms with Crippen LogP contribution in [0.1, 0.15) is 0 Å². The lowest BCUT2D eigenvalue weighted by Gasteiger charge is -2.26. The van der Waals surface area contributed by atoms with Gasteiger partial charge in [0, 0.05) is 25.7 Å². The van der Waals surface area contributed by atoms with Gasteiger partial charge in [0.1, 0.15) is 0 Å². The minimum Gasteiger partial charge on any atom is -0.411 e. The Morgan fingerprint density at radius 3 is 2.81 bits per heavy atom. The fourth-order valence-electron chi connectivity index (χ4n) is 2.31. The van der Waals surface area contributed by atoms with Crippen LogP contribution in [0.25, 0.3) is 11.5 Å². The van der Waals surface area contributed by atoms with E-state index < -0.39 is 10.0 Å². The Hall–Kier alpha value is -1.95. The number of sulfonamides is 1. The third-order valence-electron chi connectivity index (χ3n) is 3.70. The first-order chi connectivity index (χ1) is 12.5. The fourth-order valence-corrected chi connectivity index (χ4v) is 4.40. The van der Waals surface area contributed by atoms with Crippen molar-refractivity contribution in [3.8, 4) is 11.5 Å². The van der Waals surface area contributed by atoms with Gasteiger partial charge in [0.2, 0.25) is 21.8 Å². The molecular formula is C15H18N4O5S2. The van der Waals surface area contributed by atoms with Crippen LogP contribution in [0.3, 0.4) is 0 Å². The van der Waals surface area contributed by atoms with Crippen molar-refractivity contribution in [1.82, 2.24) is 19.8 Å². The van der Waals surface area contributed by atoms with Crippen molar-refractivity contribution in [2.45, 2.75) is 10.1 Å². The summed E-state index contributed by atoms with van der Waals surface area (Å²) in [5.74, 6) is 0.195. The number of carbonyl (C=O) groups excluding carboxylic acids is 1. The number of aromatic nitrogens is 2. The standard InChI is InChI=1S/C15H18N4O5S2/c1-16-13(20)10-25-15-18-17-14(24-15)11-3-2-4-12(9-11)26(21,22)19-5-7-23-8-6-19/h2-4,9H,5-8,10H2,1H3,(H,16,20). The zero-order valence-electron chi connectivity index (χ0n) is 14.0. The second-order valence-electron chi connectivity index (χ2n) is 5.38. The first kappa shape index (κ1) is 18.8. The molecule has 1 saturated heterocycles. The van der Waals surface area contributed by atoms with E-state index in [-0.39, 0.29) is 27.7 Å². The van der Waals surface area contributed by atoms with E-state index in [0.717, 1.165) is 11.8 Å². The minimum atomic E-state index is -3.61. The first-order valence-electron chi connectivity index (χ1n) is 7.86. The number of amides is 1. The lowest BCUT2D eigenvalue weighted by Crippen LogP contribution is -2.40. The Morgan fingerprint density at radius 1 is 1.31 bits per heavy atom. The number of nitrogens with one attached hydrogen (secondary N) is 1. The molecule has 1 amide bonds. The van der Waals surface area contributed by atoms with Gasteiger partial charge in [0.15, 0.2) is 0 Å². The van der Waals surface area contributed by atoms with E-state index in [0.29, 0.717) is 31.9 Å². The molecule has 1 aromatic carbocycles. The van der Waals surface area contributed by atoms with Gasteiger partial charge in [-0.05, 0) is 18.2 Å². The highest BCUT2D eigenvalue weighted by Gasteiger charge is 2.26.